The lowest BCUT2D eigenvalue weighted by Gasteiger charge is -2.10. The van der Waals surface area contributed by atoms with Crippen LogP contribution in [0.3, 0.4) is 0 Å². The Hall–Kier alpha value is -2.58. The number of carbonyl (C=O) groups excluding carboxylic acids is 1. The van der Waals surface area contributed by atoms with Crippen LogP contribution >= 0.6 is 27.5 Å². The zero-order chi connectivity index (χ0) is 20.1. The van der Waals surface area contributed by atoms with Crippen LogP contribution in [-0.2, 0) is 6.18 Å². The lowest BCUT2D eigenvalue weighted by Crippen LogP contribution is -2.13. The molecule has 0 radical (unpaired) electrons. The third-order valence-corrected chi connectivity index (χ3v) is 4.93. The first-order chi connectivity index (χ1) is 13.2. The molecule has 0 aliphatic heterocycles. The fraction of sp³-hybridized carbons (Fsp3) is 0.0526. The van der Waals surface area contributed by atoms with Crippen molar-refractivity contribution in [1.29, 1.82) is 0 Å². The van der Waals surface area contributed by atoms with Crippen LogP contribution in [0.25, 0.3) is 22.6 Å². The van der Waals surface area contributed by atoms with Gasteiger partial charge in [-0.05, 0) is 24.3 Å². The van der Waals surface area contributed by atoms with E-state index in [-0.39, 0.29) is 5.56 Å². The zero-order valence-corrected chi connectivity index (χ0v) is 16.2. The molecule has 0 unspecified atom stereocenters. The van der Waals surface area contributed by atoms with Crippen LogP contribution in [0.5, 0.6) is 0 Å². The van der Waals surface area contributed by atoms with Gasteiger partial charge in [-0.15, -0.1) is 0 Å². The topological polar surface area (TPSA) is 61.5 Å². The monoisotopic (exact) mass is 467 g/mol. The van der Waals surface area contributed by atoms with Gasteiger partial charge in [-0.2, -0.15) is 13.2 Å². The Morgan fingerprint density at radius 3 is 2.64 bits per heavy atom. The number of nitrogens with one attached hydrogen (secondary N) is 2. The molecule has 0 atom stereocenters. The summed E-state index contributed by atoms with van der Waals surface area (Å²) in [7, 11) is 0. The summed E-state index contributed by atoms with van der Waals surface area (Å²) in [5, 5.41) is 0.439. The Bertz CT molecular complexity index is 1210. The number of aromatic amines is 2. The molecule has 2 aromatic heterocycles. The van der Waals surface area contributed by atoms with E-state index in [1.165, 1.54) is 24.4 Å². The van der Waals surface area contributed by atoms with Crippen molar-refractivity contribution in [2.24, 2.45) is 0 Å². The standard InChI is InChI=1S/C19H10BrClF3N3O/c20-10-6-13(21)16-14(7-10)26-18(27-16)15-5-9(8-25-15)17(28)11-3-1-2-4-12(11)19(22,23)24/h1-8,25H,(H,26,27). The molecule has 0 fully saturated rings. The maximum absolute atomic E-state index is 13.2. The summed E-state index contributed by atoms with van der Waals surface area (Å²) in [4.78, 5) is 23.0. The van der Waals surface area contributed by atoms with E-state index < -0.39 is 23.1 Å². The minimum Gasteiger partial charge on any atom is -0.358 e. The average Bonchev–Trinajstić information content (AvgIpc) is 3.27. The molecule has 4 nitrogen and oxygen atoms in total. The number of alkyl halides is 3. The third-order valence-electron chi connectivity index (χ3n) is 4.18. The van der Waals surface area contributed by atoms with E-state index in [2.05, 4.69) is 30.9 Å². The predicted octanol–water partition coefficient (Wildman–Crippen LogP) is 6.22. The van der Waals surface area contributed by atoms with E-state index in [0.29, 0.717) is 27.6 Å². The first kappa shape index (κ1) is 18.8. The zero-order valence-electron chi connectivity index (χ0n) is 13.9. The van der Waals surface area contributed by atoms with Crippen molar-refractivity contribution >= 4 is 44.3 Å². The predicted molar refractivity (Wildman–Crippen MR) is 103 cm³/mol. The number of fused-ring (bicyclic) bond motifs is 1. The fourth-order valence-corrected chi connectivity index (χ4v) is 3.77. The van der Waals surface area contributed by atoms with Crippen molar-refractivity contribution in [2.75, 3.05) is 0 Å². The minimum atomic E-state index is -4.62. The number of halogens is 5. The highest BCUT2D eigenvalue weighted by atomic mass is 79.9. The van der Waals surface area contributed by atoms with Crippen molar-refractivity contribution in [3.05, 3.63) is 74.8 Å². The van der Waals surface area contributed by atoms with Gasteiger partial charge in [0, 0.05) is 21.8 Å². The number of hydrogen-bond acceptors (Lipinski definition) is 2. The van der Waals surface area contributed by atoms with Gasteiger partial charge in [-0.25, -0.2) is 4.98 Å². The number of nitrogens with zero attached hydrogens (tertiary/aromatic N) is 1. The Morgan fingerprint density at radius 2 is 1.89 bits per heavy atom. The number of imidazole rings is 1. The molecule has 0 spiro atoms. The summed E-state index contributed by atoms with van der Waals surface area (Å²) in [6.07, 6.45) is -3.26. The largest absolute Gasteiger partial charge is 0.417 e. The molecule has 0 saturated heterocycles. The molecule has 2 heterocycles. The molecular weight excluding hydrogens is 459 g/mol. The molecule has 4 aromatic rings. The van der Waals surface area contributed by atoms with Crippen LogP contribution in [0.4, 0.5) is 13.2 Å². The average molecular weight is 469 g/mol. The van der Waals surface area contributed by atoms with E-state index in [1.54, 1.807) is 12.1 Å². The van der Waals surface area contributed by atoms with Gasteiger partial charge in [0.15, 0.2) is 11.6 Å². The highest BCUT2D eigenvalue weighted by Crippen LogP contribution is 2.33. The van der Waals surface area contributed by atoms with Crippen molar-refractivity contribution in [2.45, 2.75) is 6.18 Å². The van der Waals surface area contributed by atoms with E-state index >= 15 is 0 Å². The summed E-state index contributed by atoms with van der Waals surface area (Å²) in [6, 6.07) is 9.65. The highest BCUT2D eigenvalue weighted by molar-refractivity contribution is 9.10. The SMILES string of the molecule is O=C(c1c[nH]c(-c2nc3c(Cl)cc(Br)cc3[nH]2)c1)c1ccccc1C(F)(F)F. The van der Waals surface area contributed by atoms with Gasteiger partial charge in [0.25, 0.3) is 0 Å². The first-order valence-electron chi connectivity index (χ1n) is 7.98. The Morgan fingerprint density at radius 1 is 1.14 bits per heavy atom. The van der Waals surface area contributed by atoms with Gasteiger partial charge in [0.2, 0.25) is 0 Å². The summed E-state index contributed by atoms with van der Waals surface area (Å²) in [5.74, 6) is -0.314. The summed E-state index contributed by atoms with van der Waals surface area (Å²) >= 11 is 9.52. The van der Waals surface area contributed by atoms with Gasteiger partial charge in [-0.3, -0.25) is 4.79 Å². The lowest BCUT2D eigenvalue weighted by atomic mass is 9.99. The highest BCUT2D eigenvalue weighted by Gasteiger charge is 2.35. The smallest absolute Gasteiger partial charge is 0.358 e. The molecule has 2 N–H and O–H groups in total. The van der Waals surface area contributed by atoms with Crippen LogP contribution in [-0.4, -0.2) is 20.7 Å². The maximum atomic E-state index is 13.2. The molecule has 2 aromatic carbocycles. The van der Waals surface area contributed by atoms with Crippen molar-refractivity contribution < 1.29 is 18.0 Å². The van der Waals surface area contributed by atoms with E-state index in [4.69, 9.17) is 11.6 Å². The Kier molecular flexibility index (Phi) is 4.55. The van der Waals surface area contributed by atoms with Gasteiger partial charge >= 0.3 is 6.18 Å². The Balaban J connectivity index is 1.73. The molecule has 0 aliphatic carbocycles. The summed E-state index contributed by atoms with van der Waals surface area (Å²) < 4.78 is 40.3. The van der Waals surface area contributed by atoms with Gasteiger partial charge in [0.1, 0.15) is 5.52 Å². The number of carbonyl (C=O) groups is 1. The normalized spacial score (nSPS) is 11.9. The van der Waals surface area contributed by atoms with Crippen molar-refractivity contribution in [3.63, 3.8) is 0 Å². The van der Waals surface area contributed by atoms with Crippen LogP contribution in [0.2, 0.25) is 5.02 Å². The van der Waals surface area contributed by atoms with E-state index in [9.17, 15) is 18.0 Å². The van der Waals surface area contributed by atoms with Crippen molar-refractivity contribution in [1.82, 2.24) is 15.0 Å². The summed E-state index contributed by atoms with van der Waals surface area (Å²) in [5.41, 5.74) is 0.403. The quantitative estimate of drug-likeness (QED) is 0.351. The first-order valence-corrected chi connectivity index (χ1v) is 9.15. The molecule has 28 heavy (non-hydrogen) atoms. The second-order valence-electron chi connectivity index (χ2n) is 6.04. The number of rotatable bonds is 3. The number of benzene rings is 2. The van der Waals surface area contributed by atoms with Crippen LogP contribution in [0.15, 0.2) is 53.1 Å². The number of aromatic nitrogens is 3. The van der Waals surface area contributed by atoms with Gasteiger partial charge in [-0.1, -0.05) is 45.7 Å². The third kappa shape index (κ3) is 3.33. The number of H-pyrrole nitrogens is 2. The minimum absolute atomic E-state index is 0.0967. The second-order valence-corrected chi connectivity index (χ2v) is 7.37. The fourth-order valence-electron chi connectivity index (χ4n) is 2.92. The van der Waals surface area contributed by atoms with Crippen molar-refractivity contribution in [3.8, 4) is 11.5 Å². The lowest BCUT2D eigenvalue weighted by molar-refractivity contribution is -0.137. The maximum Gasteiger partial charge on any atom is 0.417 e. The Labute approximate surface area is 169 Å². The molecule has 0 bridgehead atoms. The van der Waals surface area contributed by atoms with Gasteiger partial charge in [0.05, 0.1) is 21.8 Å². The molecule has 0 aliphatic rings. The van der Waals surface area contributed by atoms with Crippen LogP contribution in [0.1, 0.15) is 21.5 Å². The molecular formula is C19H10BrClF3N3O. The van der Waals surface area contributed by atoms with Crippen LogP contribution < -0.4 is 0 Å². The van der Waals surface area contributed by atoms with Crippen LogP contribution in [0, 0.1) is 0 Å². The molecule has 9 heteroatoms. The molecule has 0 amide bonds. The van der Waals surface area contributed by atoms with E-state index in [1.807, 2.05) is 0 Å². The van der Waals surface area contributed by atoms with E-state index in [0.717, 1.165) is 16.6 Å². The summed E-state index contributed by atoms with van der Waals surface area (Å²) in [6.45, 7) is 0. The van der Waals surface area contributed by atoms with Gasteiger partial charge < -0.3 is 9.97 Å². The molecule has 142 valence electrons. The number of ketones is 1. The second kappa shape index (κ2) is 6.79. The molecule has 0 saturated carbocycles. The molecule has 4 rings (SSSR count). The number of hydrogen-bond donors (Lipinski definition) is 2.